The van der Waals surface area contributed by atoms with Gasteiger partial charge in [-0.1, -0.05) is 19.1 Å². The number of hydrogen-bond donors (Lipinski definition) is 2. The van der Waals surface area contributed by atoms with Crippen LogP contribution in [0.1, 0.15) is 44.7 Å². The summed E-state index contributed by atoms with van der Waals surface area (Å²) in [4.78, 5) is 23.2. The molecule has 1 heterocycles. The Morgan fingerprint density at radius 1 is 1.29 bits per heavy atom. The Balaban J connectivity index is 1.97. The topological polar surface area (TPSA) is 88.8 Å². The zero-order valence-electron chi connectivity index (χ0n) is 14.0. The van der Waals surface area contributed by atoms with Crippen LogP contribution in [-0.2, 0) is 12.8 Å². The number of aromatic carboxylic acids is 1. The first-order chi connectivity index (χ1) is 11.5. The standard InChI is InChI=1S/C18H21NO5/c1-4-14-13(18(21)22)10-16(24-14)17(20)19-8-7-12-6-5-11(2)15(9-12)23-3/h5-6,9-10H,4,7-8H2,1-3H3,(H,19,20)(H,21,22). The maximum absolute atomic E-state index is 12.1. The van der Waals surface area contributed by atoms with Crippen LogP contribution in [0.4, 0.5) is 0 Å². The Morgan fingerprint density at radius 2 is 2.04 bits per heavy atom. The SMILES string of the molecule is CCc1oc(C(=O)NCCc2ccc(C)c(OC)c2)cc1C(=O)O. The fraction of sp³-hybridized carbons (Fsp3) is 0.333. The summed E-state index contributed by atoms with van der Waals surface area (Å²) in [5.74, 6) is -0.386. The van der Waals surface area contributed by atoms with Gasteiger partial charge in [-0.15, -0.1) is 0 Å². The molecule has 0 saturated carbocycles. The number of hydrogen-bond acceptors (Lipinski definition) is 4. The zero-order chi connectivity index (χ0) is 17.7. The number of carboxylic acids is 1. The van der Waals surface area contributed by atoms with E-state index in [1.165, 1.54) is 6.07 Å². The highest BCUT2D eigenvalue weighted by molar-refractivity contribution is 5.96. The van der Waals surface area contributed by atoms with Crippen molar-refractivity contribution in [2.75, 3.05) is 13.7 Å². The van der Waals surface area contributed by atoms with Gasteiger partial charge in [-0.05, 0) is 30.5 Å². The number of carbonyl (C=O) groups excluding carboxylic acids is 1. The Morgan fingerprint density at radius 3 is 2.62 bits per heavy atom. The van der Waals surface area contributed by atoms with E-state index in [1.807, 2.05) is 25.1 Å². The van der Waals surface area contributed by atoms with Crippen LogP contribution in [0, 0.1) is 6.92 Å². The molecule has 0 spiro atoms. The van der Waals surface area contributed by atoms with Crippen LogP contribution in [0.3, 0.4) is 0 Å². The summed E-state index contributed by atoms with van der Waals surface area (Å²) in [6.07, 6.45) is 1.05. The number of ether oxygens (including phenoxy) is 1. The van der Waals surface area contributed by atoms with E-state index in [1.54, 1.807) is 14.0 Å². The maximum Gasteiger partial charge on any atom is 0.339 e. The predicted octanol–water partition coefficient (Wildman–Crippen LogP) is 2.83. The number of nitrogens with one attached hydrogen (secondary N) is 1. The Hall–Kier alpha value is -2.76. The second-order valence-corrected chi connectivity index (χ2v) is 5.42. The van der Waals surface area contributed by atoms with Crippen LogP contribution >= 0.6 is 0 Å². The quantitative estimate of drug-likeness (QED) is 0.814. The molecular formula is C18H21NO5. The average Bonchev–Trinajstić information content (AvgIpc) is 3.01. The summed E-state index contributed by atoms with van der Waals surface area (Å²) in [5.41, 5.74) is 2.12. The average molecular weight is 331 g/mol. The van der Waals surface area contributed by atoms with Crippen molar-refractivity contribution in [3.05, 3.63) is 52.5 Å². The molecule has 1 amide bonds. The molecule has 0 aliphatic heterocycles. The van der Waals surface area contributed by atoms with Gasteiger partial charge < -0.3 is 19.6 Å². The summed E-state index contributed by atoms with van der Waals surface area (Å²) >= 11 is 0. The number of aryl methyl sites for hydroxylation is 2. The third-order valence-corrected chi connectivity index (χ3v) is 3.76. The second kappa shape index (κ2) is 7.68. The molecule has 0 aliphatic carbocycles. The lowest BCUT2D eigenvalue weighted by Gasteiger charge is -2.08. The Bertz CT molecular complexity index is 748. The Labute approximate surface area is 140 Å². The lowest BCUT2D eigenvalue weighted by atomic mass is 10.1. The monoisotopic (exact) mass is 331 g/mol. The molecule has 0 bridgehead atoms. The molecule has 2 N–H and O–H groups in total. The predicted molar refractivity (Wildman–Crippen MR) is 88.8 cm³/mol. The molecule has 0 radical (unpaired) electrons. The van der Waals surface area contributed by atoms with Gasteiger partial charge in [0.1, 0.15) is 17.1 Å². The van der Waals surface area contributed by atoms with Gasteiger partial charge in [0.15, 0.2) is 5.76 Å². The molecule has 6 heteroatoms. The first-order valence-electron chi connectivity index (χ1n) is 7.74. The van der Waals surface area contributed by atoms with Gasteiger partial charge in [0.2, 0.25) is 0 Å². The van der Waals surface area contributed by atoms with Crippen LogP contribution in [0.25, 0.3) is 0 Å². The first-order valence-corrected chi connectivity index (χ1v) is 7.74. The number of rotatable bonds is 7. The van der Waals surface area contributed by atoms with Crippen LogP contribution in [0.15, 0.2) is 28.7 Å². The Kier molecular flexibility index (Phi) is 5.63. The smallest absolute Gasteiger partial charge is 0.339 e. The van der Waals surface area contributed by atoms with E-state index < -0.39 is 11.9 Å². The fourth-order valence-electron chi connectivity index (χ4n) is 2.41. The van der Waals surface area contributed by atoms with E-state index in [2.05, 4.69) is 5.32 Å². The van der Waals surface area contributed by atoms with Crippen LogP contribution in [0.2, 0.25) is 0 Å². The lowest BCUT2D eigenvalue weighted by molar-refractivity contribution is 0.0694. The summed E-state index contributed by atoms with van der Waals surface area (Å²) in [6.45, 7) is 4.15. The minimum Gasteiger partial charge on any atom is -0.496 e. The number of carboxylic acid groups (broad SMARTS) is 1. The first kappa shape index (κ1) is 17.6. The third kappa shape index (κ3) is 3.95. The molecule has 2 aromatic rings. The normalized spacial score (nSPS) is 10.5. The largest absolute Gasteiger partial charge is 0.496 e. The summed E-state index contributed by atoms with van der Waals surface area (Å²) in [7, 11) is 1.62. The summed E-state index contributed by atoms with van der Waals surface area (Å²) in [6, 6.07) is 7.15. The van der Waals surface area contributed by atoms with Crippen LogP contribution < -0.4 is 10.1 Å². The van der Waals surface area contributed by atoms with Gasteiger partial charge in [-0.3, -0.25) is 4.79 Å². The van der Waals surface area contributed by atoms with Gasteiger partial charge in [-0.2, -0.15) is 0 Å². The van der Waals surface area contributed by atoms with Crippen molar-refractivity contribution in [1.29, 1.82) is 0 Å². The molecular weight excluding hydrogens is 310 g/mol. The molecule has 24 heavy (non-hydrogen) atoms. The highest BCUT2D eigenvalue weighted by Gasteiger charge is 2.19. The van der Waals surface area contributed by atoms with Crippen molar-refractivity contribution < 1.29 is 23.8 Å². The van der Waals surface area contributed by atoms with Crippen LogP contribution in [-0.4, -0.2) is 30.6 Å². The van der Waals surface area contributed by atoms with E-state index in [0.29, 0.717) is 25.1 Å². The highest BCUT2D eigenvalue weighted by atomic mass is 16.5. The molecule has 1 aromatic heterocycles. The van der Waals surface area contributed by atoms with Crippen molar-refractivity contribution in [2.45, 2.75) is 26.7 Å². The molecule has 0 atom stereocenters. The van der Waals surface area contributed by atoms with Crippen molar-refractivity contribution in [1.82, 2.24) is 5.32 Å². The molecule has 2 rings (SSSR count). The van der Waals surface area contributed by atoms with E-state index in [0.717, 1.165) is 16.9 Å². The molecule has 6 nitrogen and oxygen atoms in total. The summed E-state index contributed by atoms with van der Waals surface area (Å²) in [5, 5.41) is 11.8. The van der Waals surface area contributed by atoms with Gasteiger partial charge in [0, 0.05) is 19.0 Å². The number of furan rings is 1. The second-order valence-electron chi connectivity index (χ2n) is 5.42. The molecule has 0 saturated heterocycles. The van der Waals surface area contributed by atoms with Gasteiger partial charge in [0.25, 0.3) is 5.91 Å². The van der Waals surface area contributed by atoms with Gasteiger partial charge >= 0.3 is 5.97 Å². The van der Waals surface area contributed by atoms with E-state index in [9.17, 15) is 9.59 Å². The van der Waals surface area contributed by atoms with Gasteiger partial charge in [-0.25, -0.2) is 4.79 Å². The molecule has 128 valence electrons. The van der Waals surface area contributed by atoms with E-state index in [4.69, 9.17) is 14.3 Å². The summed E-state index contributed by atoms with van der Waals surface area (Å²) < 4.78 is 10.6. The molecule has 0 fully saturated rings. The van der Waals surface area contributed by atoms with Crippen molar-refractivity contribution in [2.24, 2.45) is 0 Å². The van der Waals surface area contributed by atoms with E-state index in [-0.39, 0.29) is 11.3 Å². The third-order valence-electron chi connectivity index (χ3n) is 3.76. The maximum atomic E-state index is 12.1. The zero-order valence-corrected chi connectivity index (χ0v) is 14.0. The van der Waals surface area contributed by atoms with Crippen LogP contribution in [0.5, 0.6) is 5.75 Å². The van der Waals surface area contributed by atoms with Crippen molar-refractivity contribution in [3.8, 4) is 5.75 Å². The number of methoxy groups -OCH3 is 1. The van der Waals surface area contributed by atoms with Gasteiger partial charge in [0.05, 0.1) is 7.11 Å². The minimum absolute atomic E-state index is 0.0192. The van der Waals surface area contributed by atoms with Crippen molar-refractivity contribution >= 4 is 11.9 Å². The molecule has 0 unspecified atom stereocenters. The lowest BCUT2D eigenvalue weighted by Crippen LogP contribution is -2.25. The minimum atomic E-state index is -1.10. The molecule has 0 aliphatic rings. The fourth-order valence-corrected chi connectivity index (χ4v) is 2.41. The molecule has 1 aromatic carbocycles. The highest BCUT2D eigenvalue weighted by Crippen LogP contribution is 2.19. The van der Waals surface area contributed by atoms with Crippen molar-refractivity contribution in [3.63, 3.8) is 0 Å². The number of amides is 1. The number of carbonyl (C=O) groups is 2. The van der Waals surface area contributed by atoms with E-state index >= 15 is 0 Å². The number of benzene rings is 1.